The minimum atomic E-state index is 0.759. The molecule has 0 atom stereocenters. The van der Waals surface area contributed by atoms with Gasteiger partial charge in [0, 0.05) is 6.07 Å². The van der Waals surface area contributed by atoms with Gasteiger partial charge in [-0.15, -0.1) is 23.1 Å². The molecule has 0 spiro atoms. The Hall–Kier alpha value is -0.260. The summed E-state index contributed by atoms with van der Waals surface area (Å²) in [5.74, 6) is 1.73. The van der Waals surface area contributed by atoms with E-state index in [1.54, 1.807) is 23.1 Å². The molecule has 2 nitrogen and oxygen atoms in total. The Kier molecular flexibility index (Phi) is 3.08. The first kappa shape index (κ1) is 9.30. The van der Waals surface area contributed by atoms with Crippen LogP contribution in [-0.2, 0) is 5.75 Å². The molecule has 2 heterocycles. The summed E-state index contributed by atoms with van der Waals surface area (Å²) in [5, 5.41) is 5.82. The molecule has 0 bridgehead atoms. The van der Waals surface area contributed by atoms with Crippen LogP contribution in [0.1, 0.15) is 5.76 Å². The van der Waals surface area contributed by atoms with Gasteiger partial charge in [0.2, 0.25) is 0 Å². The molecule has 0 unspecified atom stereocenters. The van der Waals surface area contributed by atoms with Crippen LogP contribution >= 0.6 is 39.0 Å². The Labute approximate surface area is 92.4 Å². The third-order valence-corrected chi connectivity index (χ3v) is 3.91. The number of aromatic nitrogens is 1. The molecule has 5 heteroatoms. The van der Waals surface area contributed by atoms with Gasteiger partial charge in [-0.3, -0.25) is 0 Å². The zero-order valence-electron chi connectivity index (χ0n) is 6.57. The first-order valence-electron chi connectivity index (χ1n) is 3.62. The van der Waals surface area contributed by atoms with Crippen molar-refractivity contribution in [2.45, 2.75) is 9.96 Å². The van der Waals surface area contributed by atoms with Crippen LogP contribution in [0.5, 0.6) is 0 Å². The Balaban J connectivity index is 1.93. The second kappa shape index (κ2) is 4.30. The molecule has 2 aromatic rings. The number of hydrogen-bond donors (Lipinski definition) is 0. The monoisotopic (exact) mass is 275 g/mol. The van der Waals surface area contributed by atoms with E-state index in [2.05, 4.69) is 32.5 Å². The first-order valence-corrected chi connectivity index (χ1v) is 6.28. The molecule has 0 saturated carbocycles. The molecular formula is C8H6BrNOS2. The summed E-state index contributed by atoms with van der Waals surface area (Å²) in [7, 11) is 0. The highest BCUT2D eigenvalue weighted by Crippen LogP contribution is 2.27. The third kappa shape index (κ3) is 2.59. The van der Waals surface area contributed by atoms with Gasteiger partial charge in [-0.25, -0.2) is 0 Å². The quantitative estimate of drug-likeness (QED) is 0.798. The van der Waals surface area contributed by atoms with E-state index in [1.165, 1.54) is 4.21 Å². The smallest absolute Gasteiger partial charge is 0.149 e. The van der Waals surface area contributed by atoms with Crippen molar-refractivity contribution in [3.05, 3.63) is 33.9 Å². The number of halogens is 1. The number of nitrogens with zero attached hydrogens (tertiary/aromatic N) is 1. The molecule has 0 saturated heterocycles. The summed E-state index contributed by atoms with van der Waals surface area (Å²) < 4.78 is 7.11. The van der Waals surface area contributed by atoms with E-state index < -0.39 is 0 Å². The average molecular weight is 276 g/mol. The number of hydrogen-bond acceptors (Lipinski definition) is 4. The number of thioether (sulfide) groups is 1. The highest BCUT2D eigenvalue weighted by atomic mass is 79.9. The first-order chi connectivity index (χ1) is 6.34. The molecule has 0 aliphatic carbocycles. The van der Waals surface area contributed by atoms with Crippen molar-refractivity contribution in [3.8, 4) is 0 Å². The van der Waals surface area contributed by atoms with Crippen LogP contribution in [0.2, 0.25) is 0 Å². The summed E-state index contributed by atoms with van der Waals surface area (Å²) in [6.07, 6.45) is 0. The van der Waals surface area contributed by atoms with E-state index in [1.807, 2.05) is 12.1 Å². The zero-order valence-corrected chi connectivity index (χ0v) is 9.79. The van der Waals surface area contributed by atoms with E-state index in [0.717, 1.165) is 16.1 Å². The van der Waals surface area contributed by atoms with Crippen molar-refractivity contribution in [2.75, 3.05) is 0 Å². The fourth-order valence-corrected chi connectivity index (χ4v) is 2.83. The molecule has 0 amide bonds. The summed E-state index contributed by atoms with van der Waals surface area (Å²) in [4.78, 5) is 0. The van der Waals surface area contributed by atoms with Gasteiger partial charge in [0.25, 0.3) is 0 Å². The van der Waals surface area contributed by atoms with Crippen LogP contribution in [0.25, 0.3) is 0 Å². The lowest BCUT2D eigenvalue weighted by Crippen LogP contribution is -1.71. The Morgan fingerprint density at radius 3 is 3.15 bits per heavy atom. The van der Waals surface area contributed by atoms with E-state index >= 15 is 0 Å². The fourth-order valence-electron chi connectivity index (χ4n) is 0.844. The van der Waals surface area contributed by atoms with Crippen molar-refractivity contribution < 1.29 is 4.52 Å². The van der Waals surface area contributed by atoms with Crippen LogP contribution in [0.15, 0.2) is 36.9 Å². The molecule has 0 fully saturated rings. The zero-order chi connectivity index (χ0) is 9.10. The summed E-state index contributed by atoms with van der Waals surface area (Å²) in [6.45, 7) is 0. The molecule has 13 heavy (non-hydrogen) atoms. The molecule has 2 aromatic heterocycles. The second-order valence-corrected chi connectivity index (χ2v) is 5.37. The predicted octanol–water partition coefficient (Wildman–Crippen LogP) is 3.79. The van der Waals surface area contributed by atoms with Gasteiger partial charge in [0.15, 0.2) is 0 Å². The van der Waals surface area contributed by atoms with Gasteiger partial charge in [-0.2, -0.15) is 0 Å². The Morgan fingerprint density at radius 1 is 1.62 bits per heavy atom. The van der Waals surface area contributed by atoms with Gasteiger partial charge in [0.1, 0.15) is 10.4 Å². The van der Waals surface area contributed by atoms with Crippen molar-refractivity contribution in [1.29, 1.82) is 0 Å². The predicted molar refractivity (Wildman–Crippen MR) is 58.1 cm³/mol. The standard InChI is InChI=1S/C8H6BrNOS2/c9-7-4-6(11-10-7)5-13-8-2-1-3-12-8/h1-4H,5H2. The fraction of sp³-hybridized carbons (Fsp3) is 0.125. The molecule has 0 N–H and O–H groups in total. The largest absolute Gasteiger partial charge is 0.359 e. The average Bonchev–Trinajstić information content (AvgIpc) is 2.71. The van der Waals surface area contributed by atoms with Crippen LogP contribution in [0.4, 0.5) is 0 Å². The van der Waals surface area contributed by atoms with Crippen molar-refractivity contribution in [1.82, 2.24) is 5.16 Å². The molecule has 68 valence electrons. The van der Waals surface area contributed by atoms with Crippen molar-refractivity contribution >= 4 is 39.0 Å². The second-order valence-electron chi connectivity index (χ2n) is 2.34. The SMILES string of the molecule is Brc1cc(CSc2cccs2)on1. The summed E-state index contributed by atoms with van der Waals surface area (Å²) in [5.41, 5.74) is 0. The molecule has 0 aliphatic rings. The van der Waals surface area contributed by atoms with Gasteiger partial charge in [-0.1, -0.05) is 11.2 Å². The third-order valence-electron chi connectivity index (χ3n) is 1.38. The van der Waals surface area contributed by atoms with E-state index in [-0.39, 0.29) is 0 Å². The maximum Gasteiger partial charge on any atom is 0.149 e. The van der Waals surface area contributed by atoms with Crippen LogP contribution in [-0.4, -0.2) is 5.16 Å². The highest BCUT2D eigenvalue weighted by Gasteiger charge is 2.02. The van der Waals surface area contributed by atoms with Crippen molar-refractivity contribution in [3.63, 3.8) is 0 Å². The highest BCUT2D eigenvalue weighted by molar-refractivity contribution is 9.10. The maximum atomic E-state index is 5.05. The van der Waals surface area contributed by atoms with Crippen LogP contribution in [0, 0.1) is 0 Å². The van der Waals surface area contributed by atoms with Gasteiger partial charge >= 0.3 is 0 Å². The lowest BCUT2D eigenvalue weighted by molar-refractivity contribution is 0.391. The van der Waals surface area contributed by atoms with Crippen LogP contribution in [0.3, 0.4) is 0 Å². The van der Waals surface area contributed by atoms with Crippen molar-refractivity contribution in [2.24, 2.45) is 0 Å². The van der Waals surface area contributed by atoms with Gasteiger partial charge in [0.05, 0.1) is 9.96 Å². The summed E-state index contributed by atoms with van der Waals surface area (Å²) in [6, 6.07) is 6.03. The molecule has 0 aliphatic heterocycles. The minimum Gasteiger partial charge on any atom is -0.359 e. The van der Waals surface area contributed by atoms with Crippen LogP contribution < -0.4 is 0 Å². The van der Waals surface area contributed by atoms with E-state index in [9.17, 15) is 0 Å². The lowest BCUT2D eigenvalue weighted by Gasteiger charge is -1.91. The normalized spacial score (nSPS) is 10.5. The minimum absolute atomic E-state index is 0.759. The number of thiophene rings is 1. The molecule has 0 aromatic carbocycles. The Morgan fingerprint density at radius 2 is 2.54 bits per heavy atom. The molecular weight excluding hydrogens is 270 g/mol. The Bertz CT molecular complexity index is 371. The summed E-state index contributed by atoms with van der Waals surface area (Å²) >= 11 is 6.73. The lowest BCUT2D eigenvalue weighted by atomic mass is 10.5. The number of rotatable bonds is 3. The molecule has 0 radical (unpaired) electrons. The van der Waals surface area contributed by atoms with Gasteiger partial charge < -0.3 is 4.52 Å². The van der Waals surface area contributed by atoms with E-state index in [0.29, 0.717) is 0 Å². The maximum absolute atomic E-state index is 5.05. The van der Waals surface area contributed by atoms with Gasteiger partial charge in [-0.05, 0) is 27.4 Å². The molecule has 2 rings (SSSR count). The van der Waals surface area contributed by atoms with E-state index in [4.69, 9.17) is 4.52 Å². The topological polar surface area (TPSA) is 26.0 Å².